The van der Waals surface area contributed by atoms with Crippen molar-refractivity contribution in [3.63, 3.8) is 0 Å². The van der Waals surface area contributed by atoms with Crippen LogP contribution >= 0.6 is 11.6 Å². The number of benzene rings is 3. The van der Waals surface area contributed by atoms with E-state index in [0.717, 1.165) is 62.3 Å². The second-order valence-corrected chi connectivity index (χ2v) is 14.7. The molecule has 10 nitrogen and oxygen atoms in total. The van der Waals surface area contributed by atoms with E-state index < -0.39 is 24.3 Å². The number of likely N-dealkylation sites (tertiary alicyclic amines) is 1. The third-order valence-corrected chi connectivity index (χ3v) is 10.8. The van der Waals surface area contributed by atoms with Crippen LogP contribution in [0.4, 0.5) is 10.1 Å². The standard InChI is InChI=1S/C42H47ClFN5O5/c1-28-31(6-3-7-34(28)35-8-4-9-38-36(35)12-17-49(38)14-5-13-48-15-10-33(44)11-16-48)26-54-40-20-39(53-25-30-18-29(21-45)22-46-23-30)32(19-37(40)43)24-47-42(2,27-50)41(51)52/h3-4,6-9,18-20,22-23,33,47,50H,5,10-17,24-27H2,1-2H3,(H,51,52)/t42-/m0/s1. The highest BCUT2D eigenvalue weighted by atomic mass is 35.5. The number of aromatic nitrogens is 1. The van der Waals surface area contributed by atoms with Crippen LogP contribution in [0.1, 0.15) is 59.6 Å². The third kappa shape index (κ3) is 9.13. The van der Waals surface area contributed by atoms with Gasteiger partial charge in [-0.3, -0.25) is 15.1 Å². The number of aliphatic carboxylic acids is 1. The molecule has 1 fully saturated rings. The lowest BCUT2D eigenvalue weighted by molar-refractivity contribution is -0.145. The monoisotopic (exact) mass is 755 g/mol. The van der Waals surface area contributed by atoms with Gasteiger partial charge in [-0.15, -0.1) is 0 Å². The highest BCUT2D eigenvalue weighted by Gasteiger charge is 2.32. The average Bonchev–Trinajstić information content (AvgIpc) is 3.60. The topological polar surface area (TPSA) is 131 Å². The normalized spacial score (nSPS) is 15.7. The zero-order valence-corrected chi connectivity index (χ0v) is 31.5. The van der Waals surface area contributed by atoms with Crippen molar-refractivity contribution in [1.29, 1.82) is 5.26 Å². The van der Waals surface area contributed by atoms with Gasteiger partial charge in [-0.1, -0.05) is 41.9 Å². The number of ether oxygens (including phenoxy) is 2. The lowest BCUT2D eigenvalue weighted by Crippen LogP contribution is -2.52. The molecular formula is C42H47ClFN5O5. The fraction of sp³-hybridized carbons (Fsp3) is 0.405. The van der Waals surface area contributed by atoms with E-state index in [2.05, 4.69) is 57.4 Å². The van der Waals surface area contributed by atoms with Gasteiger partial charge in [0.05, 0.1) is 17.2 Å². The summed E-state index contributed by atoms with van der Waals surface area (Å²) in [7, 11) is 0. The summed E-state index contributed by atoms with van der Waals surface area (Å²) in [4.78, 5) is 20.8. The molecule has 1 saturated heterocycles. The lowest BCUT2D eigenvalue weighted by Gasteiger charge is -2.29. The number of nitrogens with zero attached hydrogens (tertiary/aromatic N) is 4. The van der Waals surface area contributed by atoms with Gasteiger partial charge in [-0.25, -0.2) is 4.39 Å². The van der Waals surface area contributed by atoms with Gasteiger partial charge in [-0.05, 0) is 92.1 Å². The molecule has 0 saturated carbocycles. The zero-order valence-electron chi connectivity index (χ0n) is 30.8. The number of nitrogens with one attached hydrogen (secondary N) is 1. The summed E-state index contributed by atoms with van der Waals surface area (Å²) >= 11 is 6.76. The van der Waals surface area contributed by atoms with Crippen molar-refractivity contribution in [3.8, 4) is 28.7 Å². The van der Waals surface area contributed by atoms with E-state index in [4.69, 9.17) is 21.1 Å². The molecule has 12 heteroatoms. The second-order valence-electron chi connectivity index (χ2n) is 14.3. The first-order chi connectivity index (χ1) is 26.1. The van der Waals surface area contributed by atoms with Crippen LogP contribution < -0.4 is 19.7 Å². The maximum atomic E-state index is 13.6. The summed E-state index contributed by atoms with van der Waals surface area (Å²) in [6, 6.07) is 19.9. The van der Waals surface area contributed by atoms with Gasteiger partial charge in [0.15, 0.2) is 0 Å². The fourth-order valence-corrected chi connectivity index (χ4v) is 7.36. The summed E-state index contributed by atoms with van der Waals surface area (Å²) in [5.41, 5.74) is 7.16. The third-order valence-electron chi connectivity index (χ3n) is 10.6. The number of aliphatic hydroxyl groups excluding tert-OH is 1. The number of aliphatic hydroxyl groups is 1. The van der Waals surface area contributed by atoms with E-state index in [0.29, 0.717) is 46.1 Å². The Hall–Kier alpha value is -4.73. The van der Waals surface area contributed by atoms with Crippen molar-refractivity contribution in [1.82, 2.24) is 15.2 Å². The molecule has 0 amide bonds. The van der Waals surface area contributed by atoms with Crippen molar-refractivity contribution in [2.45, 2.75) is 71.0 Å². The van der Waals surface area contributed by atoms with Crippen molar-refractivity contribution >= 4 is 23.3 Å². The predicted octanol–water partition coefficient (Wildman–Crippen LogP) is 6.85. The Morgan fingerprint density at radius 1 is 1.04 bits per heavy atom. The molecule has 1 aromatic heterocycles. The molecule has 0 bridgehead atoms. The molecule has 0 radical (unpaired) electrons. The Balaban J connectivity index is 1.18. The number of fused-ring (bicyclic) bond motifs is 1. The van der Waals surface area contributed by atoms with Crippen LogP contribution in [0.25, 0.3) is 11.1 Å². The van der Waals surface area contributed by atoms with Gasteiger partial charge in [0, 0.05) is 68.0 Å². The number of hydrogen-bond donors (Lipinski definition) is 3. The largest absolute Gasteiger partial charge is 0.488 e. The molecular weight excluding hydrogens is 709 g/mol. The SMILES string of the molecule is Cc1c(COc2cc(OCc3cncc(C#N)c3)c(CN[C@@](C)(CO)C(=O)O)cc2Cl)cccc1-c1cccc2c1CCN2CCCN1CCC(F)CC1. The first-order valence-corrected chi connectivity index (χ1v) is 18.8. The molecule has 3 aromatic carbocycles. The van der Waals surface area contributed by atoms with Crippen LogP contribution in [-0.2, 0) is 31.0 Å². The highest BCUT2D eigenvalue weighted by Crippen LogP contribution is 2.39. The predicted molar refractivity (Wildman–Crippen MR) is 207 cm³/mol. The van der Waals surface area contributed by atoms with Crippen LogP contribution in [-0.4, -0.2) is 77.1 Å². The van der Waals surface area contributed by atoms with Gasteiger partial charge in [-0.2, -0.15) is 5.26 Å². The molecule has 1 atom stereocenters. The number of carboxylic acids is 1. The minimum absolute atomic E-state index is 0.0362. The van der Waals surface area contributed by atoms with Crippen molar-refractivity contribution in [2.75, 3.05) is 44.2 Å². The molecule has 284 valence electrons. The summed E-state index contributed by atoms with van der Waals surface area (Å²) in [6.07, 6.45) is 5.74. The number of halogens is 2. The number of piperidine rings is 1. The Labute approximate surface area is 321 Å². The summed E-state index contributed by atoms with van der Waals surface area (Å²) < 4.78 is 26.1. The maximum absolute atomic E-state index is 13.6. The summed E-state index contributed by atoms with van der Waals surface area (Å²) in [6.45, 7) is 7.90. The average molecular weight is 756 g/mol. The first-order valence-electron chi connectivity index (χ1n) is 18.4. The van der Waals surface area contributed by atoms with E-state index in [9.17, 15) is 24.7 Å². The van der Waals surface area contributed by atoms with E-state index in [1.165, 1.54) is 29.9 Å². The van der Waals surface area contributed by atoms with Gasteiger partial charge >= 0.3 is 5.97 Å². The molecule has 3 heterocycles. The summed E-state index contributed by atoms with van der Waals surface area (Å²) in [5, 5.41) is 31.9. The molecule has 4 aromatic rings. The summed E-state index contributed by atoms with van der Waals surface area (Å²) in [5.74, 6) is -0.414. The molecule has 0 unspecified atom stereocenters. The minimum atomic E-state index is -1.58. The van der Waals surface area contributed by atoms with Crippen molar-refractivity contribution in [3.05, 3.63) is 105 Å². The van der Waals surface area contributed by atoms with Gasteiger partial charge in [0.1, 0.15) is 42.5 Å². The van der Waals surface area contributed by atoms with Gasteiger partial charge in [0.2, 0.25) is 0 Å². The Bertz CT molecular complexity index is 2000. The Morgan fingerprint density at radius 3 is 2.56 bits per heavy atom. The molecule has 2 aliphatic heterocycles. The molecule has 54 heavy (non-hydrogen) atoms. The van der Waals surface area contributed by atoms with Crippen LogP contribution in [0.15, 0.2) is 67.0 Å². The number of carboxylic acid groups (broad SMARTS) is 1. The van der Waals surface area contributed by atoms with E-state index >= 15 is 0 Å². The molecule has 3 N–H and O–H groups in total. The van der Waals surface area contributed by atoms with Crippen LogP contribution in [0.2, 0.25) is 5.02 Å². The number of hydrogen-bond acceptors (Lipinski definition) is 9. The number of anilines is 1. The molecule has 0 spiro atoms. The van der Waals surface area contributed by atoms with Gasteiger partial charge < -0.3 is 29.5 Å². The number of carbonyl (C=O) groups is 1. The lowest BCUT2D eigenvalue weighted by atomic mass is 9.92. The second kappa shape index (κ2) is 17.6. The Morgan fingerprint density at radius 2 is 1.80 bits per heavy atom. The van der Waals surface area contributed by atoms with Crippen LogP contribution in [0.5, 0.6) is 11.5 Å². The smallest absolute Gasteiger partial charge is 0.326 e. The zero-order chi connectivity index (χ0) is 38.2. The first kappa shape index (κ1) is 39.0. The van der Waals surface area contributed by atoms with E-state index in [1.54, 1.807) is 24.4 Å². The minimum Gasteiger partial charge on any atom is -0.488 e. The van der Waals surface area contributed by atoms with E-state index in [-0.39, 0.29) is 19.8 Å². The van der Waals surface area contributed by atoms with E-state index in [1.807, 2.05) is 12.1 Å². The van der Waals surface area contributed by atoms with Crippen molar-refractivity contribution < 1.29 is 28.9 Å². The maximum Gasteiger partial charge on any atom is 0.326 e. The number of rotatable bonds is 16. The number of nitriles is 1. The Kier molecular flexibility index (Phi) is 12.7. The quantitative estimate of drug-likeness (QED) is 0.112. The molecule has 0 aliphatic carbocycles. The number of pyridine rings is 1. The highest BCUT2D eigenvalue weighted by molar-refractivity contribution is 6.32. The van der Waals surface area contributed by atoms with Crippen LogP contribution in [0, 0.1) is 18.3 Å². The number of alkyl halides is 1. The fourth-order valence-electron chi connectivity index (χ4n) is 7.12. The van der Waals surface area contributed by atoms with Gasteiger partial charge in [0.25, 0.3) is 0 Å². The van der Waals surface area contributed by atoms with Crippen LogP contribution in [0.3, 0.4) is 0 Å². The van der Waals surface area contributed by atoms with Crippen molar-refractivity contribution in [2.24, 2.45) is 0 Å². The molecule has 2 aliphatic rings. The molecule has 6 rings (SSSR count).